The Morgan fingerprint density at radius 1 is 1.46 bits per heavy atom. The van der Waals surface area contributed by atoms with Crippen LogP contribution in [0.2, 0.25) is 0 Å². The first-order valence-electron chi connectivity index (χ1n) is 4.91. The molecule has 0 saturated heterocycles. The third kappa shape index (κ3) is 5.24. The average molecular weight is 213 g/mol. The van der Waals surface area contributed by atoms with Crippen LogP contribution < -0.4 is 0 Å². The second-order valence-corrected chi connectivity index (χ2v) is 5.56. The highest BCUT2D eigenvalue weighted by Crippen LogP contribution is 2.20. The van der Waals surface area contributed by atoms with Crippen LogP contribution in [0.25, 0.3) is 0 Å². The van der Waals surface area contributed by atoms with Crippen LogP contribution in [-0.2, 0) is 0 Å². The summed E-state index contributed by atoms with van der Waals surface area (Å²) in [5, 5.41) is 1.41. The zero-order chi connectivity index (χ0) is 9.36. The topological polar surface area (TPSA) is 12.4 Å². The lowest BCUT2D eigenvalue weighted by molar-refractivity contribution is 0.676. The summed E-state index contributed by atoms with van der Waals surface area (Å²) in [5.74, 6) is 2.24. The Bertz CT molecular complexity index is 229. The number of hydrogen-bond donors (Lipinski definition) is 0. The number of rotatable bonds is 6. The Kier molecular flexibility index (Phi) is 6.15. The molecule has 13 heavy (non-hydrogen) atoms. The van der Waals surface area contributed by atoms with Crippen molar-refractivity contribution >= 4 is 22.6 Å². The summed E-state index contributed by atoms with van der Waals surface area (Å²) in [5.41, 5.74) is 2.29. The third-order valence-corrected chi connectivity index (χ3v) is 4.28. The summed E-state index contributed by atoms with van der Waals surface area (Å²) in [4.78, 5) is 4.41. The maximum absolute atomic E-state index is 4.41. The molecule has 1 aromatic rings. The molecule has 1 unspecified atom stereocenters. The molecule has 0 spiro atoms. The Hall–Kier alpha value is -0.120. The fraction of sp³-hybridized carbons (Fsp3) is 0.600. The minimum Gasteiger partial charge on any atom is -0.292 e. The first kappa shape index (κ1) is 11.0. The lowest BCUT2D eigenvalue weighted by atomic mass is 10.2. The monoisotopic (exact) mass is 213 g/mol. The predicted octanol–water partition coefficient (Wildman–Crippen LogP) is 4.30. The van der Waals surface area contributed by atoms with E-state index in [1.54, 1.807) is 0 Å². The highest BCUT2D eigenvalue weighted by atomic mass is 31.1. The third-order valence-electron chi connectivity index (χ3n) is 1.89. The minimum absolute atomic E-state index is 0.886. The average Bonchev–Trinajstić information content (AvgIpc) is 2.63. The summed E-state index contributed by atoms with van der Waals surface area (Å²) in [6.07, 6.45) is 7.30. The van der Waals surface area contributed by atoms with Gasteiger partial charge in [0.1, 0.15) is 0 Å². The summed E-state index contributed by atoms with van der Waals surface area (Å²) in [6, 6.07) is 0. The number of hydrogen-bond acceptors (Lipinski definition) is 1. The fourth-order valence-corrected chi connectivity index (χ4v) is 3.24. The smallest absolute Gasteiger partial charge is 0.0389 e. The van der Waals surface area contributed by atoms with Gasteiger partial charge in [0.05, 0.1) is 0 Å². The van der Waals surface area contributed by atoms with Gasteiger partial charge in [0, 0.05) is 18.1 Å². The highest BCUT2D eigenvalue weighted by Gasteiger charge is 1.86. The van der Waals surface area contributed by atoms with Gasteiger partial charge in [-0.3, -0.25) is 4.99 Å². The second kappa shape index (κ2) is 7.30. The molecule has 1 aromatic heterocycles. The largest absolute Gasteiger partial charge is 0.292 e. The quantitative estimate of drug-likeness (QED) is 0.493. The predicted molar refractivity (Wildman–Crippen MR) is 65.1 cm³/mol. The van der Waals surface area contributed by atoms with Crippen LogP contribution in [0.3, 0.4) is 0 Å². The van der Waals surface area contributed by atoms with Gasteiger partial charge < -0.3 is 0 Å². The molecule has 1 nitrogen and oxygen atoms in total. The zero-order valence-electron chi connectivity index (χ0n) is 8.16. The van der Waals surface area contributed by atoms with Crippen LogP contribution in [0.4, 0.5) is 0 Å². The molecule has 1 atom stereocenters. The second-order valence-electron chi connectivity index (χ2n) is 3.10. The first-order valence-corrected chi connectivity index (χ1v) is 7.02. The first-order chi connectivity index (χ1) is 6.43. The number of nitrogens with zero attached hydrogens (tertiary/aromatic N) is 1. The molecule has 0 bridgehead atoms. The Morgan fingerprint density at radius 2 is 2.38 bits per heavy atom. The van der Waals surface area contributed by atoms with Crippen molar-refractivity contribution in [2.24, 2.45) is 4.99 Å². The van der Waals surface area contributed by atoms with E-state index in [2.05, 4.69) is 29.5 Å². The molecule has 0 radical (unpaired) electrons. The summed E-state index contributed by atoms with van der Waals surface area (Å²) >= 11 is 0. The molecule has 72 valence electrons. The molecule has 0 amide bonds. The zero-order valence-corrected chi connectivity index (χ0v) is 10.1. The number of unbranched alkanes of at least 4 members (excludes halogenated alkanes) is 3. The molecule has 0 N–H and O–H groups in total. The van der Waals surface area contributed by atoms with E-state index in [0.29, 0.717) is 0 Å². The fourth-order valence-electron chi connectivity index (χ4n) is 1.13. The van der Waals surface area contributed by atoms with E-state index in [0.717, 1.165) is 14.7 Å². The molecule has 0 aliphatic carbocycles. The van der Waals surface area contributed by atoms with Crippen molar-refractivity contribution < 1.29 is 0 Å². The van der Waals surface area contributed by atoms with Gasteiger partial charge in [-0.2, -0.15) is 0 Å². The standard InChI is InChI=1S/C10H17NP2/c1-2-3-4-5-6-11-7-10-8-12-9-13-10/h7-9,13H,2-6H2,1H3. The van der Waals surface area contributed by atoms with E-state index in [9.17, 15) is 0 Å². The normalized spacial score (nSPS) is 12.4. The molecular formula is C10H17NP2. The molecule has 0 aromatic carbocycles. The van der Waals surface area contributed by atoms with Gasteiger partial charge in [0.2, 0.25) is 0 Å². The SMILES string of the molecule is CCCCCCN=Cc1cpc[pH]1. The molecule has 0 saturated carbocycles. The van der Waals surface area contributed by atoms with Crippen molar-refractivity contribution in [1.82, 2.24) is 0 Å². The van der Waals surface area contributed by atoms with E-state index in [4.69, 9.17) is 0 Å². The van der Waals surface area contributed by atoms with Gasteiger partial charge in [0.15, 0.2) is 0 Å². The molecule has 3 heteroatoms. The Morgan fingerprint density at radius 3 is 3.08 bits per heavy atom. The molecule has 0 aliphatic heterocycles. The van der Waals surface area contributed by atoms with Crippen molar-refractivity contribution in [3.05, 3.63) is 16.6 Å². The van der Waals surface area contributed by atoms with Crippen LogP contribution >= 0.6 is 16.4 Å². The maximum Gasteiger partial charge on any atom is 0.0389 e. The Balaban J connectivity index is 2.05. The van der Waals surface area contributed by atoms with Crippen LogP contribution in [0, 0.1) is 0 Å². The molecular weight excluding hydrogens is 196 g/mol. The van der Waals surface area contributed by atoms with Gasteiger partial charge in [-0.15, -0.1) is 8.19 Å². The molecule has 1 rings (SSSR count). The molecule has 1 heterocycles. The van der Waals surface area contributed by atoms with E-state index in [1.165, 1.54) is 39.2 Å². The molecule has 0 fully saturated rings. The van der Waals surface area contributed by atoms with E-state index in [-0.39, 0.29) is 0 Å². The van der Waals surface area contributed by atoms with Gasteiger partial charge in [-0.25, -0.2) is 0 Å². The van der Waals surface area contributed by atoms with E-state index < -0.39 is 0 Å². The lowest BCUT2D eigenvalue weighted by Crippen LogP contribution is -1.82. The van der Waals surface area contributed by atoms with Crippen molar-refractivity contribution in [3.63, 3.8) is 0 Å². The van der Waals surface area contributed by atoms with Gasteiger partial charge >= 0.3 is 0 Å². The van der Waals surface area contributed by atoms with Gasteiger partial charge in [-0.05, 0) is 17.7 Å². The van der Waals surface area contributed by atoms with Crippen LogP contribution in [-0.4, -0.2) is 12.8 Å². The van der Waals surface area contributed by atoms with Gasteiger partial charge in [0.25, 0.3) is 0 Å². The maximum atomic E-state index is 4.41. The van der Waals surface area contributed by atoms with Crippen molar-refractivity contribution in [3.8, 4) is 0 Å². The minimum atomic E-state index is 0.886. The summed E-state index contributed by atoms with van der Waals surface area (Å²) < 4.78 is 0. The van der Waals surface area contributed by atoms with Crippen LogP contribution in [0.15, 0.2) is 16.3 Å². The highest BCUT2D eigenvalue weighted by molar-refractivity contribution is 7.47. The van der Waals surface area contributed by atoms with Gasteiger partial charge in [-0.1, -0.05) is 34.4 Å². The van der Waals surface area contributed by atoms with Crippen molar-refractivity contribution in [2.45, 2.75) is 32.6 Å². The van der Waals surface area contributed by atoms with Crippen LogP contribution in [0.5, 0.6) is 0 Å². The van der Waals surface area contributed by atoms with Crippen molar-refractivity contribution in [2.75, 3.05) is 6.54 Å². The van der Waals surface area contributed by atoms with E-state index in [1.807, 2.05) is 0 Å². The molecule has 0 aliphatic rings. The summed E-state index contributed by atoms with van der Waals surface area (Å²) in [7, 11) is 2.25. The lowest BCUT2D eigenvalue weighted by Gasteiger charge is -1.93. The Labute approximate surface area is 83.9 Å². The van der Waals surface area contributed by atoms with Crippen LogP contribution in [0.1, 0.15) is 37.9 Å². The van der Waals surface area contributed by atoms with Crippen molar-refractivity contribution in [1.29, 1.82) is 0 Å². The number of aliphatic imine (C=N–C) groups is 1. The summed E-state index contributed by atoms with van der Waals surface area (Å²) in [6.45, 7) is 3.25. The van der Waals surface area contributed by atoms with E-state index >= 15 is 0 Å².